The largest absolute Gasteiger partial charge is 0.352 e. The van der Waals surface area contributed by atoms with E-state index in [1.165, 1.54) is 19.3 Å². The second-order valence-corrected chi connectivity index (χ2v) is 7.85. The molecule has 0 radical (unpaired) electrons. The summed E-state index contributed by atoms with van der Waals surface area (Å²) in [4.78, 5) is 28.6. The second kappa shape index (κ2) is 7.30. The monoisotopic (exact) mass is 336 g/mol. The summed E-state index contributed by atoms with van der Waals surface area (Å²) >= 11 is 0. The lowest BCUT2D eigenvalue weighted by Crippen LogP contribution is -2.57. The average molecular weight is 336 g/mol. The lowest BCUT2D eigenvalue weighted by molar-refractivity contribution is -0.126. The molecule has 1 aliphatic heterocycles. The Labute approximate surface area is 145 Å². The molecule has 0 aromatic heterocycles. The van der Waals surface area contributed by atoms with Crippen LogP contribution in [0.2, 0.25) is 0 Å². The van der Waals surface area contributed by atoms with Crippen molar-refractivity contribution in [3.63, 3.8) is 0 Å². The van der Waals surface area contributed by atoms with Crippen LogP contribution in [-0.2, 0) is 4.79 Å². The fourth-order valence-electron chi connectivity index (χ4n) is 3.73. The highest BCUT2D eigenvalue weighted by Gasteiger charge is 2.36. The van der Waals surface area contributed by atoms with E-state index in [4.69, 9.17) is 0 Å². The van der Waals surface area contributed by atoms with Crippen LogP contribution in [0.3, 0.4) is 0 Å². The first kappa shape index (κ1) is 17.5. The van der Waals surface area contributed by atoms with Crippen LogP contribution in [-0.4, -0.2) is 66.5 Å². The van der Waals surface area contributed by atoms with E-state index in [2.05, 4.69) is 22.5 Å². The molecule has 2 N–H and O–H groups in total. The topological polar surface area (TPSA) is 64.7 Å². The van der Waals surface area contributed by atoms with Crippen molar-refractivity contribution < 1.29 is 9.59 Å². The predicted molar refractivity (Wildman–Crippen MR) is 93.7 cm³/mol. The molecular formula is C18H32N4O2. The molecule has 0 spiro atoms. The third-order valence-corrected chi connectivity index (χ3v) is 6.23. The third kappa shape index (κ3) is 4.02. The first-order chi connectivity index (χ1) is 11.5. The molecule has 3 aliphatic rings. The number of piperazine rings is 1. The SMILES string of the molecule is CCC1(CNC(=O)N2CCN([C@H](C)C(=O)NC3CC3)CC2)CCC1. The number of carbonyl (C=O) groups excluding carboxylic acids is 2. The summed E-state index contributed by atoms with van der Waals surface area (Å²) in [6, 6.07) is 0.364. The summed E-state index contributed by atoms with van der Waals surface area (Å²) in [6.45, 7) is 7.94. The third-order valence-electron chi connectivity index (χ3n) is 6.23. The van der Waals surface area contributed by atoms with Crippen LogP contribution in [0.25, 0.3) is 0 Å². The first-order valence-corrected chi connectivity index (χ1v) is 9.60. The van der Waals surface area contributed by atoms with Crippen LogP contribution in [0.1, 0.15) is 52.4 Å². The average Bonchev–Trinajstić information content (AvgIpc) is 3.37. The van der Waals surface area contributed by atoms with E-state index in [1.807, 2.05) is 11.8 Å². The zero-order valence-corrected chi connectivity index (χ0v) is 15.1. The molecule has 2 aliphatic carbocycles. The van der Waals surface area contributed by atoms with Gasteiger partial charge in [0.05, 0.1) is 6.04 Å². The van der Waals surface area contributed by atoms with Crippen LogP contribution in [0.5, 0.6) is 0 Å². The molecule has 2 saturated carbocycles. The molecule has 0 unspecified atom stereocenters. The molecule has 1 heterocycles. The first-order valence-electron chi connectivity index (χ1n) is 9.60. The molecular weight excluding hydrogens is 304 g/mol. The van der Waals surface area contributed by atoms with Gasteiger partial charge in [-0.1, -0.05) is 13.3 Å². The molecule has 136 valence electrons. The standard InChI is InChI=1S/C18H32N4O2/c1-3-18(7-4-8-18)13-19-17(24)22-11-9-21(10-12-22)14(2)16(23)20-15-5-6-15/h14-15H,3-13H2,1-2H3,(H,19,24)(H,20,23)/t14-/m1/s1. The maximum absolute atomic E-state index is 12.4. The van der Waals surface area contributed by atoms with Gasteiger partial charge in [0.15, 0.2) is 0 Å². The maximum atomic E-state index is 12.4. The number of hydrogen-bond donors (Lipinski definition) is 2. The fourth-order valence-corrected chi connectivity index (χ4v) is 3.73. The van der Waals surface area contributed by atoms with Crippen molar-refractivity contribution in [1.29, 1.82) is 0 Å². The highest BCUT2D eigenvalue weighted by Crippen LogP contribution is 2.43. The van der Waals surface area contributed by atoms with Crippen molar-refractivity contribution in [1.82, 2.24) is 20.4 Å². The Morgan fingerprint density at radius 2 is 1.83 bits per heavy atom. The van der Waals surface area contributed by atoms with Crippen LogP contribution >= 0.6 is 0 Å². The van der Waals surface area contributed by atoms with Gasteiger partial charge in [-0.3, -0.25) is 9.69 Å². The molecule has 1 saturated heterocycles. The van der Waals surface area contributed by atoms with Crippen molar-refractivity contribution >= 4 is 11.9 Å². The summed E-state index contributed by atoms with van der Waals surface area (Å²) in [5.41, 5.74) is 0.354. The van der Waals surface area contributed by atoms with Gasteiger partial charge in [0.1, 0.15) is 0 Å². The Balaban J connectivity index is 1.39. The van der Waals surface area contributed by atoms with E-state index in [0.717, 1.165) is 38.9 Å². The number of rotatable bonds is 6. The molecule has 0 aromatic carbocycles. The lowest BCUT2D eigenvalue weighted by atomic mass is 9.67. The van der Waals surface area contributed by atoms with Crippen molar-refractivity contribution in [2.75, 3.05) is 32.7 Å². The van der Waals surface area contributed by atoms with E-state index in [0.29, 0.717) is 24.5 Å². The minimum Gasteiger partial charge on any atom is -0.352 e. The zero-order valence-electron chi connectivity index (χ0n) is 15.1. The Bertz CT molecular complexity index is 460. The molecule has 6 heteroatoms. The Morgan fingerprint density at radius 1 is 1.17 bits per heavy atom. The highest BCUT2D eigenvalue weighted by molar-refractivity contribution is 5.82. The highest BCUT2D eigenvalue weighted by atomic mass is 16.2. The summed E-state index contributed by atoms with van der Waals surface area (Å²) < 4.78 is 0. The van der Waals surface area contributed by atoms with Gasteiger partial charge >= 0.3 is 6.03 Å². The van der Waals surface area contributed by atoms with E-state index < -0.39 is 0 Å². The summed E-state index contributed by atoms with van der Waals surface area (Å²) in [5.74, 6) is 0.130. The van der Waals surface area contributed by atoms with Crippen LogP contribution < -0.4 is 10.6 Å². The second-order valence-electron chi connectivity index (χ2n) is 7.85. The molecule has 0 bridgehead atoms. The van der Waals surface area contributed by atoms with Gasteiger partial charge in [-0.2, -0.15) is 0 Å². The van der Waals surface area contributed by atoms with Gasteiger partial charge in [-0.25, -0.2) is 4.79 Å². The number of carbonyl (C=O) groups is 2. The van der Waals surface area contributed by atoms with Gasteiger partial charge in [-0.15, -0.1) is 0 Å². The molecule has 1 atom stereocenters. The molecule has 3 fully saturated rings. The van der Waals surface area contributed by atoms with Gasteiger partial charge in [0.2, 0.25) is 5.91 Å². The number of hydrogen-bond acceptors (Lipinski definition) is 3. The molecule has 3 rings (SSSR count). The van der Waals surface area contributed by atoms with Crippen molar-refractivity contribution in [3.8, 4) is 0 Å². The smallest absolute Gasteiger partial charge is 0.317 e. The van der Waals surface area contributed by atoms with Crippen LogP contribution in [0.4, 0.5) is 4.79 Å². The number of amides is 3. The molecule has 3 amide bonds. The lowest BCUT2D eigenvalue weighted by Gasteiger charge is -2.42. The minimum absolute atomic E-state index is 0.0597. The number of nitrogens with one attached hydrogen (secondary N) is 2. The Kier molecular flexibility index (Phi) is 5.33. The van der Waals surface area contributed by atoms with E-state index in [9.17, 15) is 9.59 Å². The van der Waals surface area contributed by atoms with Crippen molar-refractivity contribution in [2.45, 2.75) is 64.5 Å². The van der Waals surface area contributed by atoms with E-state index >= 15 is 0 Å². The van der Waals surface area contributed by atoms with Crippen LogP contribution in [0.15, 0.2) is 0 Å². The predicted octanol–water partition coefficient (Wildman–Crippen LogP) is 1.56. The van der Waals surface area contributed by atoms with E-state index in [-0.39, 0.29) is 18.0 Å². The van der Waals surface area contributed by atoms with Gasteiger partial charge < -0.3 is 15.5 Å². The molecule has 0 aromatic rings. The summed E-state index contributed by atoms with van der Waals surface area (Å²) in [7, 11) is 0. The molecule has 6 nitrogen and oxygen atoms in total. The minimum atomic E-state index is -0.103. The van der Waals surface area contributed by atoms with E-state index in [1.54, 1.807) is 0 Å². The number of nitrogens with zero attached hydrogens (tertiary/aromatic N) is 2. The Morgan fingerprint density at radius 3 is 2.33 bits per heavy atom. The van der Waals surface area contributed by atoms with Crippen LogP contribution in [0, 0.1) is 5.41 Å². The summed E-state index contributed by atoms with van der Waals surface area (Å²) in [6.07, 6.45) is 7.16. The molecule has 24 heavy (non-hydrogen) atoms. The van der Waals surface area contributed by atoms with Crippen molar-refractivity contribution in [2.24, 2.45) is 5.41 Å². The number of urea groups is 1. The van der Waals surface area contributed by atoms with Gasteiger partial charge in [0, 0.05) is 38.8 Å². The normalized spacial score (nSPS) is 24.8. The van der Waals surface area contributed by atoms with Gasteiger partial charge in [0.25, 0.3) is 0 Å². The van der Waals surface area contributed by atoms with Gasteiger partial charge in [-0.05, 0) is 44.4 Å². The van der Waals surface area contributed by atoms with Crippen molar-refractivity contribution in [3.05, 3.63) is 0 Å². The zero-order chi connectivity index (χ0) is 17.2. The quantitative estimate of drug-likeness (QED) is 0.774. The summed E-state index contributed by atoms with van der Waals surface area (Å²) in [5, 5.41) is 6.20. The fraction of sp³-hybridized carbons (Fsp3) is 0.889. The Hall–Kier alpha value is -1.30. The maximum Gasteiger partial charge on any atom is 0.317 e.